The van der Waals surface area contributed by atoms with Gasteiger partial charge in [-0.15, -0.1) is 0 Å². The van der Waals surface area contributed by atoms with E-state index in [2.05, 4.69) is 11.8 Å². The summed E-state index contributed by atoms with van der Waals surface area (Å²) in [6.07, 6.45) is 10.5. The fourth-order valence-corrected chi connectivity index (χ4v) is 3.83. The summed E-state index contributed by atoms with van der Waals surface area (Å²) in [6, 6.07) is 0.639. The van der Waals surface area contributed by atoms with Gasteiger partial charge in [-0.25, -0.2) is 0 Å². The first kappa shape index (κ1) is 13.9. The Bertz CT molecular complexity index is 278. The van der Waals surface area contributed by atoms with E-state index in [1.54, 1.807) is 0 Å². The molecule has 2 aliphatic carbocycles. The van der Waals surface area contributed by atoms with E-state index in [-0.39, 0.29) is 0 Å². The van der Waals surface area contributed by atoms with Crippen molar-refractivity contribution < 1.29 is 9.90 Å². The third kappa shape index (κ3) is 2.87. The van der Waals surface area contributed by atoms with Crippen molar-refractivity contribution in [1.29, 1.82) is 0 Å². The topological polar surface area (TPSA) is 40.5 Å². The first-order chi connectivity index (χ1) is 8.68. The first-order valence-corrected chi connectivity index (χ1v) is 7.65. The second-order valence-electron chi connectivity index (χ2n) is 6.15. The second-order valence-corrected chi connectivity index (χ2v) is 6.15. The highest BCUT2D eigenvalue weighted by Crippen LogP contribution is 2.40. The van der Waals surface area contributed by atoms with E-state index in [0.717, 1.165) is 38.8 Å². The van der Waals surface area contributed by atoms with Crippen LogP contribution in [0, 0.1) is 5.41 Å². The quantitative estimate of drug-likeness (QED) is 0.817. The molecule has 0 aromatic heterocycles. The lowest BCUT2D eigenvalue weighted by Crippen LogP contribution is -2.46. The molecule has 2 rings (SSSR count). The fourth-order valence-electron chi connectivity index (χ4n) is 3.83. The summed E-state index contributed by atoms with van der Waals surface area (Å²) in [5.41, 5.74) is -0.437. The maximum Gasteiger partial charge on any atom is 0.310 e. The minimum Gasteiger partial charge on any atom is -0.481 e. The van der Waals surface area contributed by atoms with Crippen LogP contribution in [0.1, 0.15) is 64.7 Å². The predicted molar refractivity (Wildman–Crippen MR) is 72.7 cm³/mol. The molecule has 0 spiro atoms. The number of hydrogen-bond donors (Lipinski definition) is 1. The smallest absolute Gasteiger partial charge is 0.310 e. The van der Waals surface area contributed by atoms with Crippen molar-refractivity contribution >= 4 is 5.97 Å². The molecule has 18 heavy (non-hydrogen) atoms. The first-order valence-electron chi connectivity index (χ1n) is 7.65. The Balaban J connectivity index is 2.01. The molecule has 104 valence electrons. The predicted octanol–water partition coefficient (Wildman–Crippen LogP) is 3.29. The van der Waals surface area contributed by atoms with E-state index in [1.807, 2.05) is 0 Å². The lowest BCUT2D eigenvalue weighted by atomic mass is 9.84. The van der Waals surface area contributed by atoms with Crippen LogP contribution in [0.15, 0.2) is 0 Å². The number of carbonyl (C=O) groups is 1. The minimum atomic E-state index is -0.561. The Morgan fingerprint density at radius 2 is 1.78 bits per heavy atom. The Morgan fingerprint density at radius 1 is 1.17 bits per heavy atom. The van der Waals surface area contributed by atoms with Crippen LogP contribution in [0.2, 0.25) is 0 Å². The average molecular weight is 253 g/mol. The lowest BCUT2D eigenvalue weighted by Gasteiger charge is -2.38. The van der Waals surface area contributed by atoms with Gasteiger partial charge in [0.15, 0.2) is 0 Å². The number of carboxylic acids is 1. The molecule has 0 radical (unpaired) electrons. The third-order valence-corrected chi connectivity index (χ3v) is 5.02. The molecule has 0 aromatic rings. The van der Waals surface area contributed by atoms with Gasteiger partial charge in [-0.3, -0.25) is 9.69 Å². The van der Waals surface area contributed by atoms with E-state index < -0.39 is 11.4 Å². The Hall–Kier alpha value is -0.570. The summed E-state index contributed by atoms with van der Waals surface area (Å²) < 4.78 is 0. The maximum atomic E-state index is 11.6. The molecule has 0 bridgehead atoms. The van der Waals surface area contributed by atoms with Crippen molar-refractivity contribution in [3.63, 3.8) is 0 Å². The van der Waals surface area contributed by atoms with Crippen LogP contribution in [-0.4, -0.2) is 35.1 Å². The maximum absolute atomic E-state index is 11.6. The van der Waals surface area contributed by atoms with Gasteiger partial charge >= 0.3 is 5.97 Å². The van der Waals surface area contributed by atoms with Crippen molar-refractivity contribution in [2.45, 2.75) is 70.8 Å². The van der Waals surface area contributed by atoms with Crippen LogP contribution < -0.4 is 0 Å². The number of nitrogens with zero attached hydrogens (tertiary/aromatic N) is 1. The van der Waals surface area contributed by atoms with Crippen LogP contribution in [0.25, 0.3) is 0 Å². The van der Waals surface area contributed by atoms with Crippen LogP contribution in [0.3, 0.4) is 0 Å². The average Bonchev–Trinajstić information content (AvgIpc) is 2.87. The van der Waals surface area contributed by atoms with Gasteiger partial charge in [0.1, 0.15) is 0 Å². The highest BCUT2D eigenvalue weighted by Gasteiger charge is 2.43. The van der Waals surface area contributed by atoms with Crippen molar-refractivity contribution in [2.24, 2.45) is 5.41 Å². The van der Waals surface area contributed by atoms with E-state index in [1.165, 1.54) is 32.1 Å². The van der Waals surface area contributed by atoms with E-state index in [0.29, 0.717) is 6.04 Å². The van der Waals surface area contributed by atoms with Gasteiger partial charge in [-0.2, -0.15) is 0 Å². The minimum absolute atomic E-state index is 0.437. The number of rotatable bonds is 5. The Kier molecular flexibility index (Phi) is 4.66. The summed E-state index contributed by atoms with van der Waals surface area (Å²) in [5.74, 6) is -0.561. The molecule has 2 saturated carbocycles. The van der Waals surface area contributed by atoms with E-state index in [9.17, 15) is 9.90 Å². The molecule has 0 aliphatic heterocycles. The van der Waals surface area contributed by atoms with E-state index >= 15 is 0 Å². The zero-order valence-corrected chi connectivity index (χ0v) is 11.7. The summed E-state index contributed by atoms with van der Waals surface area (Å²) in [7, 11) is 0. The highest BCUT2D eigenvalue weighted by molar-refractivity contribution is 5.75. The normalized spacial score (nSPS) is 24.6. The van der Waals surface area contributed by atoms with Gasteiger partial charge in [-0.05, 0) is 32.2 Å². The van der Waals surface area contributed by atoms with Gasteiger partial charge in [0.05, 0.1) is 5.41 Å². The molecular formula is C15H27NO2. The molecule has 0 unspecified atom stereocenters. The summed E-state index contributed by atoms with van der Waals surface area (Å²) in [4.78, 5) is 14.1. The third-order valence-electron chi connectivity index (χ3n) is 5.02. The van der Waals surface area contributed by atoms with E-state index in [4.69, 9.17) is 0 Å². The monoisotopic (exact) mass is 253 g/mol. The Morgan fingerprint density at radius 3 is 2.28 bits per heavy atom. The largest absolute Gasteiger partial charge is 0.481 e. The van der Waals surface area contributed by atoms with Crippen LogP contribution in [-0.2, 0) is 4.79 Å². The van der Waals surface area contributed by atoms with Gasteiger partial charge < -0.3 is 5.11 Å². The molecular weight excluding hydrogens is 226 g/mol. The molecule has 0 atom stereocenters. The highest BCUT2D eigenvalue weighted by atomic mass is 16.4. The zero-order valence-electron chi connectivity index (χ0n) is 11.7. The standard InChI is InChI=1S/C15H27NO2/c1-2-16(13-8-4-3-5-9-13)12-15(14(17)18)10-6-7-11-15/h13H,2-12H2,1H3,(H,17,18). The summed E-state index contributed by atoms with van der Waals surface area (Å²) in [6.45, 7) is 3.96. The number of carboxylic acid groups (broad SMARTS) is 1. The molecule has 1 N–H and O–H groups in total. The van der Waals surface area contributed by atoms with Gasteiger partial charge in [0, 0.05) is 12.6 Å². The van der Waals surface area contributed by atoms with Crippen molar-refractivity contribution in [2.75, 3.05) is 13.1 Å². The Labute approximate surface area is 111 Å². The van der Waals surface area contributed by atoms with Crippen LogP contribution >= 0.6 is 0 Å². The molecule has 2 fully saturated rings. The number of hydrogen-bond acceptors (Lipinski definition) is 2. The molecule has 0 aromatic carbocycles. The molecule has 2 aliphatic rings. The zero-order chi connectivity index (χ0) is 13.0. The van der Waals surface area contributed by atoms with Crippen molar-refractivity contribution in [3.05, 3.63) is 0 Å². The molecule has 3 heteroatoms. The van der Waals surface area contributed by atoms with Gasteiger partial charge in [0.25, 0.3) is 0 Å². The molecule has 0 amide bonds. The summed E-state index contributed by atoms with van der Waals surface area (Å²) >= 11 is 0. The fraction of sp³-hybridized carbons (Fsp3) is 0.933. The van der Waals surface area contributed by atoms with Crippen LogP contribution in [0.4, 0.5) is 0 Å². The lowest BCUT2D eigenvalue weighted by molar-refractivity contribution is -0.150. The van der Waals surface area contributed by atoms with Crippen molar-refractivity contribution in [1.82, 2.24) is 4.90 Å². The van der Waals surface area contributed by atoms with Gasteiger partial charge in [0.2, 0.25) is 0 Å². The molecule has 3 nitrogen and oxygen atoms in total. The molecule has 0 heterocycles. The molecule has 0 saturated heterocycles. The van der Waals surface area contributed by atoms with Crippen LogP contribution in [0.5, 0.6) is 0 Å². The number of aliphatic carboxylic acids is 1. The van der Waals surface area contributed by atoms with Gasteiger partial charge in [-0.1, -0.05) is 39.0 Å². The summed E-state index contributed by atoms with van der Waals surface area (Å²) in [5, 5.41) is 9.58. The SMILES string of the molecule is CCN(CC1(C(=O)O)CCCC1)C1CCCCC1. The second kappa shape index (κ2) is 6.05. The van der Waals surface area contributed by atoms with Crippen molar-refractivity contribution in [3.8, 4) is 0 Å².